The molecule has 2 aliphatic carbocycles. The Labute approximate surface area is 155 Å². The van der Waals surface area contributed by atoms with Crippen molar-refractivity contribution in [3.8, 4) is 0 Å². The third-order valence-electron chi connectivity index (χ3n) is 7.74. The van der Waals surface area contributed by atoms with Crippen molar-refractivity contribution in [1.82, 2.24) is 0 Å². The van der Waals surface area contributed by atoms with E-state index < -0.39 is 0 Å². The molecule has 0 bridgehead atoms. The van der Waals surface area contributed by atoms with E-state index in [0.29, 0.717) is 23.4 Å². The molecule has 25 heavy (non-hydrogen) atoms. The van der Waals surface area contributed by atoms with Crippen LogP contribution in [0, 0.1) is 29.1 Å². The van der Waals surface area contributed by atoms with E-state index in [2.05, 4.69) is 27.7 Å². The molecule has 6 unspecified atom stereocenters. The van der Waals surface area contributed by atoms with Gasteiger partial charge in [-0.2, -0.15) is 0 Å². The molecule has 0 aromatic heterocycles. The summed E-state index contributed by atoms with van der Waals surface area (Å²) in [6.07, 6.45) is 10.4. The van der Waals surface area contributed by atoms with Crippen molar-refractivity contribution in [2.24, 2.45) is 29.1 Å². The Kier molecular flexibility index (Phi) is 7.37. The summed E-state index contributed by atoms with van der Waals surface area (Å²) in [5.74, 6) is 2.59. The third kappa shape index (κ3) is 4.40. The molecule has 0 amide bonds. The van der Waals surface area contributed by atoms with Crippen molar-refractivity contribution in [2.75, 3.05) is 7.11 Å². The lowest BCUT2D eigenvalue weighted by atomic mass is 9.54. The van der Waals surface area contributed by atoms with Crippen molar-refractivity contribution in [3.63, 3.8) is 0 Å². The summed E-state index contributed by atoms with van der Waals surface area (Å²) >= 11 is 0. The molecule has 3 nitrogen and oxygen atoms in total. The maximum atomic E-state index is 11.4. The van der Waals surface area contributed by atoms with Crippen molar-refractivity contribution >= 4 is 5.97 Å². The highest BCUT2D eigenvalue weighted by molar-refractivity contribution is 5.66. The molecular weight excluding hydrogens is 312 g/mol. The smallest absolute Gasteiger partial charge is 0.302 e. The van der Waals surface area contributed by atoms with Gasteiger partial charge in [0.25, 0.3) is 0 Å². The van der Waals surface area contributed by atoms with Gasteiger partial charge < -0.3 is 9.47 Å². The van der Waals surface area contributed by atoms with Gasteiger partial charge in [0.05, 0.1) is 6.10 Å². The number of rotatable bonds is 6. The number of ether oxygens (including phenoxy) is 2. The fraction of sp³-hybridized carbons (Fsp3) is 0.955. The summed E-state index contributed by atoms with van der Waals surface area (Å²) < 4.78 is 11.3. The lowest BCUT2D eigenvalue weighted by Gasteiger charge is -2.52. The monoisotopic (exact) mass is 352 g/mol. The summed E-state index contributed by atoms with van der Waals surface area (Å²) in [7, 11) is 1.87. The lowest BCUT2D eigenvalue weighted by molar-refractivity contribution is -0.153. The van der Waals surface area contributed by atoms with Crippen LogP contribution in [0.1, 0.15) is 86.0 Å². The van der Waals surface area contributed by atoms with Gasteiger partial charge in [-0.3, -0.25) is 4.79 Å². The SMILES string of the molecule is CCC(CC)(C1CCC(OC)C(C)C1)C1CCC(OC(C)=O)C(C)C1. The van der Waals surface area contributed by atoms with Crippen LogP contribution >= 0.6 is 0 Å². The molecule has 2 aliphatic rings. The lowest BCUT2D eigenvalue weighted by Crippen LogP contribution is -2.45. The Hall–Kier alpha value is -0.570. The van der Waals surface area contributed by atoms with Gasteiger partial charge in [0.1, 0.15) is 6.10 Å². The minimum atomic E-state index is -0.126. The minimum Gasteiger partial charge on any atom is -0.462 e. The van der Waals surface area contributed by atoms with Gasteiger partial charge in [0.2, 0.25) is 0 Å². The molecule has 2 rings (SSSR count). The second kappa shape index (κ2) is 8.88. The van der Waals surface area contributed by atoms with E-state index in [-0.39, 0.29) is 12.1 Å². The largest absolute Gasteiger partial charge is 0.462 e. The molecule has 0 saturated heterocycles. The predicted octanol–water partition coefficient (Wildman–Crippen LogP) is 5.61. The Morgan fingerprint density at radius 3 is 1.76 bits per heavy atom. The van der Waals surface area contributed by atoms with Crippen LogP contribution in [0.5, 0.6) is 0 Å². The average Bonchev–Trinajstić information content (AvgIpc) is 2.58. The van der Waals surface area contributed by atoms with Crippen LogP contribution in [0.4, 0.5) is 0 Å². The summed E-state index contributed by atoms with van der Waals surface area (Å²) in [6.45, 7) is 11.0. The van der Waals surface area contributed by atoms with E-state index in [1.165, 1.54) is 51.9 Å². The average molecular weight is 353 g/mol. The topological polar surface area (TPSA) is 35.5 Å². The molecule has 0 aromatic carbocycles. The van der Waals surface area contributed by atoms with E-state index in [4.69, 9.17) is 9.47 Å². The van der Waals surface area contributed by atoms with E-state index in [1.54, 1.807) is 0 Å². The second-order valence-electron chi connectivity index (χ2n) is 8.84. The van der Waals surface area contributed by atoms with Crippen molar-refractivity contribution in [3.05, 3.63) is 0 Å². The van der Waals surface area contributed by atoms with Gasteiger partial charge in [-0.15, -0.1) is 0 Å². The first kappa shape index (κ1) is 20.7. The molecule has 6 atom stereocenters. The Bertz CT molecular complexity index is 429. The fourth-order valence-electron chi connectivity index (χ4n) is 6.26. The standard InChI is InChI=1S/C22H40O3/c1-7-22(8-2,18-9-11-20(24-6)15(3)13-18)19-10-12-21(16(4)14-19)25-17(5)23/h15-16,18-21H,7-14H2,1-6H3. The molecule has 0 spiro atoms. The maximum absolute atomic E-state index is 11.4. The molecule has 0 heterocycles. The van der Waals surface area contributed by atoms with Crippen molar-refractivity contribution in [1.29, 1.82) is 0 Å². The summed E-state index contributed by atoms with van der Waals surface area (Å²) in [5, 5.41) is 0. The van der Waals surface area contributed by atoms with Crippen LogP contribution in [-0.4, -0.2) is 25.3 Å². The highest BCUT2D eigenvalue weighted by Crippen LogP contribution is 2.54. The van der Waals surface area contributed by atoms with Gasteiger partial charge in [0, 0.05) is 14.0 Å². The summed E-state index contributed by atoms with van der Waals surface area (Å²) in [5.41, 5.74) is 0.447. The third-order valence-corrected chi connectivity index (χ3v) is 7.74. The number of methoxy groups -OCH3 is 1. The first-order valence-electron chi connectivity index (χ1n) is 10.6. The highest BCUT2D eigenvalue weighted by Gasteiger charge is 2.47. The molecule has 0 aromatic rings. The van der Waals surface area contributed by atoms with E-state index in [9.17, 15) is 4.79 Å². The van der Waals surface area contributed by atoms with Gasteiger partial charge in [-0.25, -0.2) is 0 Å². The molecule has 146 valence electrons. The summed E-state index contributed by atoms with van der Waals surface area (Å²) in [6, 6.07) is 0. The number of hydrogen-bond acceptors (Lipinski definition) is 3. The van der Waals surface area contributed by atoms with Gasteiger partial charge in [0.15, 0.2) is 0 Å². The van der Waals surface area contributed by atoms with Crippen LogP contribution in [0.2, 0.25) is 0 Å². The van der Waals surface area contributed by atoms with E-state index in [1.807, 2.05) is 7.11 Å². The van der Waals surface area contributed by atoms with Crippen LogP contribution in [0.25, 0.3) is 0 Å². The fourth-order valence-corrected chi connectivity index (χ4v) is 6.26. The van der Waals surface area contributed by atoms with Crippen LogP contribution in [-0.2, 0) is 14.3 Å². The number of carbonyl (C=O) groups is 1. The molecule has 2 saturated carbocycles. The molecular formula is C22H40O3. The molecule has 2 fully saturated rings. The maximum Gasteiger partial charge on any atom is 0.302 e. The first-order valence-corrected chi connectivity index (χ1v) is 10.6. The normalized spacial score (nSPS) is 36.9. The summed E-state index contributed by atoms with van der Waals surface area (Å²) in [4.78, 5) is 11.4. The predicted molar refractivity (Wildman–Crippen MR) is 102 cm³/mol. The van der Waals surface area contributed by atoms with Crippen molar-refractivity contribution in [2.45, 2.75) is 98.2 Å². The molecule has 0 aliphatic heterocycles. The Morgan fingerprint density at radius 1 is 0.920 bits per heavy atom. The number of esters is 1. The number of carbonyl (C=O) groups excluding carboxylic acids is 1. The second-order valence-corrected chi connectivity index (χ2v) is 8.84. The van der Waals surface area contributed by atoms with Crippen LogP contribution < -0.4 is 0 Å². The van der Waals surface area contributed by atoms with E-state index >= 15 is 0 Å². The molecule has 0 N–H and O–H groups in total. The Balaban J connectivity index is 2.11. The zero-order valence-electron chi connectivity index (χ0n) is 17.3. The van der Waals surface area contributed by atoms with Crippen LogP contribution in [0.15, 0.2) is 0 Å². The zero-order valence-corrected chi connectivity index (χ0v) is 17.3. The van der Waals surface area contributed by atoms with E-state index in [0.717, 1.165) is 18.3 Å². The van der Waals surface area contributed by atoms with Gasteiger partial charge >= 0.3 is 5.97 Å². The Morgan fingerprint density at radius 2 is 1.40 bits per heavy atom. The zero-order chi connectivity index (χ0) is 18.6. The molecule has 3 heteroatoms. The molecule has 0 radical (unpaired) electrons. The first-order chi connectivity index (χ1) is 11.9. The van der Waals surface area contributed by atoms with Gasteiger partial charge in [-0.05, 0) is 80.5 Å². The number of hydrogen-bond donors (Lipinski definition) is 0. The highest BCUT2D eigenvalue weighted by atomic mass is 16.5. The quantitative estimate of drug-likeness (QED) is 0.583. The minimum absolute atomic E-state index is 0.126. The van der Waals surface area contributed by atoms with Gasteiger partial charge in [-0.1, -0.05) is 27.7 Å². The van der Waals surface area contributed by atoms with Crippen LogP contribution in [0.3, 0.4) is 0 Å². The van der Waals surface area contributed by atoms with Crippen molar-refractivity contribution < 1.29 is 14.3 Å².